The van der Waals surface area contributed by atoms with Crippen LogP contribution in [0.4, 0.5) is 4.39 Å². The number of benzene rings is 1. The summed E-state index contributed by atoms with van der Waals surface area (Å²) in [5.41, 5.74) is 0.260. The van der Waals surface area contributed by atoms with Gasteiger partial charge in [-0.25, -0.2) is 4.79 Å². The van der Waals surface area contributed by atoms with Crippen molar-refractivity contribution >= 4 is 0 Å². The van der Waals surface area contributed by atoms with Gasteiger partial charge in [0.15, 0.2) is 0 Å². The van der Waals surface area contributed by atoms with Crippen LogP contribution >= 0.6 is 0 Å². The van der Waals surface area contributed by atoms with Gasteiger partial charge in [-0.05, 0) is 12.5 Å². The fourth-order valence-electron chi connectivity index (χ4n) is 2.77. The summed E-state index contributed by atoms with van der Waals surface area (Å²) in [7, 11) is 0. The molecule has 2 aromatic rings. The zero-order valence-corrected chi connectivity index (χ0v) is 13.6. The average molecular weight is 350 g/mol. The van der Waals surface area contributed by atoms with Crippen LogP contribution in [0.2, 0.25) is 0 Å². The van der Waals surface area contributed by atoms with E-state index in [2.05, 4.69) is 0 Å². The van der Waals surface area contributed by atoms with E-state index in [9.17, 15) is 19.1 Å². The van der Waals surface area contributed by atoms with Gasteiger partial charge in [0.05, 0.1) is 25.5 Å². The van der Waals surface area contributed by atoms with E-state index in [0.717, 1.165) is 21.9 Å². The van der Waals surface area contributed by atoms with E-state index in [0.29, 0.717) is 6.61 Å². The number of aliphatic hydroxyl groups excluding tert-OH is 1. The number of hydrogen-bond donors (Lipinski definition) is 2. The molecule has 1 aliphatic heterocycles. The Kier molecular flexibility index (Phi) is 5.12. The van der Waals surface area contributed by atoms with Crippen molar-refractivity contribution in [2.45, 2.75) is 38.4 Å². The van der Waals surface area contributed by atoms with Gasteiger partial charge in [0.25, 0.3) is 5.56 Å². The van der Waals surface area contributed by atoms with E-state index in [-0.39, 0.29) is 13.0 Å². The fourth-order valence-corrected chi connectivity index (χ4v) is 2.77. The van der Waals surface area contributed by atoms with Gasteiger partial charge in [-0.15, -0.1) is 0 Å². The number of aromatic amines is 1. The van der Waals surface area contributed by atoms with E-state index >= 15 is 0 Å². The molecular weight excluding hydrogens is 331 g/mol. The highest BCUT2D eigenvalue weighted by atomic mass is 19.1. The summed E-state index contributed by atoms with van der Waals surface area (Å²) in [4.78, 5) is 24.9. The molecule has 0 unspecified atom stereocenters. The Hall–Kier alpha value is -2.29. The molecule has 3 rings (SSSR count). The molecule has 1 aliphatic rings. The van der Waals surface area contributed by atoms with Crippen molar-refractivity contribution in [1.82, 2.24) is 9.55 Å². The summed E-state index contributed by atoms with van der Waals surface area (Å²) in [5, 5.41) is 9.48. The van der Waals surface area contributed by atoms with E-state index in [1.165, 1.54) is 0 Å². The van der Waals surface area contributed by atoms with E-state index in [1.54, 1.807) is 0 Å². The normalized spacial score (nSPS) is 23.1. The van der Waals surface area contributed by atoms with Crippen molar-refractivity contribution in [3.8, 4) is 0 Å². The largest absolute Gasteiger partial charge is 0.394 e. The molecular formula is C17H19FN2O5. The lowest BCUT2D eigenvalue weighted by atomic mass is 10.1. The Morgan fingerprint density at radius 3 is 2.76 bits per heavy atom. The molecule has 25 heavy (non-hydrogen) atoms. The van der Waals surface area contributed by atoms with Gasteiger partial charge in [0.2, 0.25) is 5.82 Å². The molecule has 0 aliphatic carbocycles. The van der Waals surface area contributed by atoms with Crippen molar-refractivity contribution in [1.29, 1.82) is 0 Å². The second-order valence-electron chi connectivity index (χ2n) is 6.03. The summed E-state index contributed by atoms with van der Waals surface area (Å²) in [6.45, 7) is 2.02. The van der Waals surface area contributed by atoms with Crippen molar-refractivity contribution in [2.24, 2.45) is 0 Å². The lowest BCUT2D eigenvalue weighted by Gasteiger charge is -2.16. The highest BCUT2D eigenvalue weighted by Crippen LogP contribution is 2.30. The predicted octanol–water partition coefficient (Wildman–Crippen LogP) is 0.849. The fraction of sp³-hybridized carbons (Fsp3) is 0.412. The summed E-state index contributed by atoms with van der Waals surface area (Å²) < 4.78 is 25.8. The van der Waals surface area contributed by atoms with Crippen LogP contribution in [0, 0.1) is 12.7 Å². The van der Waals surface area contributed by atoms with Gasteiger partial charge in [-0.3, -0.25) is 14.3 Å². The van der Waals surface area contributed by atoms with Gasteiger partial charge < -0.3 is 14.6 Å². The number of nitrogens with one attached hydrogen (secondary N) is 1. The van der Waals surface area contributed by atoms with E-state index in [1.807, 2.05) is 36.2 Å². The Bertz CT molecular complexity index is 845. The van der Waals surface area contributed by atoms with Crippen LogP contribution < -0.4 is 11.2 Å². The number of aliphatic hydroxyl groups is 1. The molecule has 0 bridgehead atoms. The SMILES string of the molecule is Cc1ccc(CO[C@H]2C[C@H](n3cc(F)c(=O)[nH]c3=O)O[C@@H]2CO)cc1. The highest BCUT2D eigenvalue weighted by molar-refractivity contribution is 5.20. The van der Waals surface area contributed by atoms with Crippen LogP contribution in [-0.4, -0.2) is 33.5 Å². The van der Waals surface area contributed by atoms with Crippen LogP contribution in [0.1, 0.15) is 23.8 Å². The van der Waals surface area contributed by atoms with Crippen LogP contribution in [0.5, 0.6) is 0 Å². The molecule has 0 spiro atoms. The summed E-state index contributed by atoms with van der Waals surface area (Å²) in [6, 6.07) is 7.83. The predicted molar refractivity (Wildman–Crippen MR) is 86.6 cm³/mol. The third-order valence-corrected chi connectivity index (χ3v) is 4.18. The lowest BCUT2D eigenvalue weighted by Crippen LogP contribution is -2.34. The van der Waals surface area contributed by atoms with Crippen LogP contribution in [0.15, 0.2) is 40.1 Å². The average Bonchev–Trinajstić information content (AvgIpc) is 3.00. The first kappa shape index (κ1) is 17.5. The number of hydrogen-bond acceptors (Lipinski definition) is 5. The standard InChI is InChI=1S/C17H19FN2O5/c1-10-2-4-11(5-3-10)9-24-13-6-15(25-14(13)8-21)20-7-12(18)16(22)19-17(20)23/h2-5,7,13-15,21H,6,8-9H2,1H3,(H,19,22,23)/t13-,14+,15+/m0/s1. The number of rotatable bonds is 5. The topological polar surface area (TPSA) is 93.6 Å². The molecule has 1 aromatic carbocycles. The number of aromatic nitrogens is 2. The van der Waals surface area contributed by atoms with Crippen molar-refractivity contribution in [2.75, 3.05) is 6.61 Å². The smallest absolute Gasteiger partial charge is 0.330 e. The van der Waals surface area contributed by atoms with Crippen molar-refractivity contribution in [3.63, 3.8) is 0 Å². The molecule has 8 heteroatoms. The minimum atomic E-state index is -1.08. The van der Waals surface area contributed by atoms with Crippen LogP contribution in [0.25, 0.3) is 0 Å². The van der Waals surface area contributed by atoms with E-state index < -0.39 is 35.5 Å². The third-order valence-electron chi connectivity index (χ3n) is 4.18. The molecule has 2 heterocycles. The number of aryl methyl sites for hydroxylation is 1. The van der Waals surface area contributed by atoms with Gasteiger partial charge in [0, 0.05) is 6.42 Å². The molecule has 3 atom stereocenters. The molecule has 1 saturated heterocycles. The number of ether oxygens (including phenoxy) is 2. The maximum absolute atomic E-state index is 13.5. The zero-order valence-electron chi connectivity index (χ0n) is 13.6. The Morgan fingerprint density at radius 2 is 2.08 bits per heavy atom. The van der Waals surface area contributed by atoms with Crippen LogP contribution in [-0.2, 0) is 16.1 Å². The maximum atomic E-state index is 13.5. The second-order valence-corrected chi connectivity index (χ2v) is 6.03. The number of H-pyrrole nitrogens is 1. The number of nitrogens with zero attached hydrogens (tertiary/aromatic N) is 1. The Labute approximate surface area is 142 Å². The molecule has 0 saturated carbocycles. The quantitative estimate of drug-likeness (QED) is 0.834. The monoisotopic (exact) mass is 350 g/mol. The van der Waals surface area contributed by atoms with Crippen LogP contribution in [0.3, 0.4) is 0 Å². The molecule has 0 amide bonds. The summed E-state index contributed by atoms with van der Waals surface area (Å²) in [5.74, 6) is -1.08. The maximum Gasteiger partial charge on any atom is 0.330 e. The molecule has 1 aromatic heterocycles. The van der Waals surface area contributed by atoms with Gasteiger partial charge in [-0.2, -0.15) is 4.39 Å². The Morgan fingerprint density at radius 1 is 1.36 bits per heavy atom. The molecule has 0 radical (unpaired) electrons. The summed E-state index contributed by atoms with van der Waals surface area (Å²) >= 11 is 0. The molecule has 1 fully saturated rings. The minimum absolute atomic E-state index is 0.252. The number of halogens is 1. The minimum Gasteiger partial charge on any atom is -0.394 e. The van der Waals surface area contributed by atoms with Gasteiger partial charge in [-0.1, -0.05) is 29.8 Å². The lowest BCUT2D eigenvalue weighted by molar-refractivity contribution is -0.0659. The van der Waals surface area contributed by atoms with Gasteiger partial charge >= 0.3 is 5.69 Å². The van der Waals surface area contributed by atoms with Crippen molar-refractivity contribution in [3.05, 3.63) is 68.2 Å². The molecule has 134 valence electrons. The molecule has 2 N–H and O–H groups in total. The Balaban J connectivity index is 1.72. The molecule has 7 nitrogen and oxygen atoms in total. The highest BCUT2D eigenvalue weighted by Gasteiger charge is 2.37. The van der Waals surface area contributed by atoms with E-state index in [4.69, 9.17) is 9.47 Å². The zero-order chi connectivity index (χ0) is 18.0. The summed E-state index contributed by atoms with van der Waals surface area (Å²) in [6.07, 6.45) is -0.861. The second kappa shape index (κ2) is 7.30. The van der Waals surface area contributed by atoms with Gasteiger partial charge in [0.1, 0.15) is 12.3 Å². The third kappa shape index (κ3) is 3.87. The first-order chi connectivity index (χ1) is 12.0. The first-order valence-corrected chi connectivity index (χ1v) is 7.92. The van der Waals surface area contributed by atoms with Crippen molar-refractivity contribution < 1.29 is 19.0 Å². The first-order valence-electron chi connectivity index (χ1n) is 7.92.